The molecule has 2 aliphatic rings. The van der Waals surface area contributed by atoms with Crippen LogP contribution in [0, 0.1) is 5.41 Å². The van der Waals surface area contributed by atoms with Crippen LogP contribution in [0.3, 0.4) is 0 Å². The first-order valence-electron chi connectivity index (χ1n) is 5.62. The molecule has 1 N–H and O–H groups in total. The maximum atomic E-state index is 12.1. The van der Waals surface area contributed by atoms with Crippen molar-refractivity contribution in [3.63, 3.8) is 0 Å². The van der Waals surface area contributed by atoms with Gasteiger partial charge in [-0.1, -0.05) is 12.8 Å². The molecule has 2 unspecified atom stereocenters. The van der Waals surface area contributed by atoms with Gasteiger partial charge in [0.1, 0.15) is 0 Å². The van der Waals surface area contributed by atoms with E-state index in [9.17, 15) is 9.90 Å². The van der Waals surface area contributed by atoms with Gasteiger partial charge in [-0.25, -0.2) is 0 Å². The molecule has 1 saturated heterocycles. The van der Waals surface area contributed by atoms with Crippen LogP contribution in [0.15, 0.2) is 0 Å². The second-order valence-electron chi connectivity index (χ2n) is 4.82. The van der Waals surface area contributed by atoms with Gasteiger partial charge < -0.3 is 10.0 Å². The molecule has 0 aromatic carbocycles. The number of aliphatic hydroxyl groups is 1. The minimum absolute atomic E-state index is 0.177. The SMILES string of the molecule is CC1(C(=O)N2CCC2)CCCCC1O. The molecule has 14 heavy (non-hydrogen) atoms. The fourth-order valence-electron chi connectivity index (χ4n) is 2.45. The Kier molecular flexibility index (Phi) is 2.52. The average molecular weight is 197 g/mol. The van der Waals surface area contributed by atoms with E-state index in [1.165, 1.54) is 0 Å². The first kappa shape index (κ1) is 9.97. The topological polar surface area (TPSA) is 40.5 Å². The summed E-state index contributed by atoms with van der Waals surface area (Å²) in [6.07, 6.45) is 4.47. The third-order valence-corrected chi connectivity index (χ3v) is 3.79. The number of carbonyl (C=O) groups is 1. The molecule has 1 aliphatic carbocycles. The van der Waals surface area contributed by atoms with Crippen LogP contribution in [-0.2, 0) is 4.79 Å². The Bertz CT molecular complexity index is 237. The van der Waals surface area contributed by atoms with Crippen LogP contribution in [0.2, 0.25) is 0 Å². The van der Waals surface area contributed by atoms with E-state index >= 15 is 0 Å². The summed E-state index contributed by atoms with van der Waals surface area (Å²) in [4.78, 5) is 14.0. The Balaban J connectivity index is 2.07. The molecule has 3 nitrogen and oxygen atoms in total. The van der Waals surface area contributed by atoms with Crippen molar-refractivity contribution in [1.82, 2.24) is 4.90 Å². The van der Waals surface area contributed by atoms with E-state index in [1.54, 1.807) is 0 Å². The summed E-state index contributed by atoms with van der Waals surface area (Å²) < 4.78 is 0. The highest BCUT2D eigenvalue weighted by molar-refractivity contribution is 5.83. The molecule has 0 aromatic heterocycles. The summed E-state index contributed by atoms with van der Waals surface area (Å²) in [6.45, 7) is 3.71. The number of carbonyl (C=O) groups excluding carboxylic acids is 1. The van der Waals surface area contributed by atoms with Crippen molar-refractivity contribution < 1.29 is 9.90 Å². The van der Waals surface area contributed by atoms with Crippen molar-refractivity contribution in [2.24, 2.45) is 5.41 Å². The number of aliphatic hydroxyl groups excluding tert-OH is 1. The van der Waals surface area contributed by atoms with E-state index < -0.39 is 11.5 Å². The summed E-state index contributed by atoms with van der Waals surface area (Å²) in [6, 6.07) is 0. The quantitative estimate of drug-likeness (QED) is 0.685. The van der Waals surface area contributed by atoms with Crippen molar-refractivity contribution in [2.45, 2.75) is 45.1 Å². The Morgan fingerprint density at radius 1 is 1.36 bits per heavy atom. The third kappa shape index (κ3) is 1.44. The lowest BCUT2D eigenvalue weighted by molar-refractivity contribution is -0.154. The molecule has 2 rings (SSSR count). The number of likely N-dealkylation sites (tertiary alicyclic amines) is 1. The van der Waals surface area contributed by atoms with E-state index in [4.69, 9.17) is 0 Å². The maximum Gasteiger partial charge on any atom is 0.231 e. The van der Waals surface area contributed by atoms with Gasteiger partial charge in [0, 0.05) is 13.1 Å². The van der Waals surface area contributed by atoms with Gasteiger partial charge in [-0.3, -0.25) is 4.79 Å². The van der Waals surface area contributed by atoms with Crippen LogP contribution in [-0.4, -0.2) is 35.1 Å². The Hall–Kier alpha value is -0.570. The molecular weight excluding hydrogens is 178 g/mol. The number of hydrogen-bond acceptors (Lipinski definition) is 2. The van der Waals surface area contributed by atoms with Crippen LogP contribution in [0.25, 0.3) is 0 Å². The largest absolute Gasteiger partial charge is 0.392 e. The predicted molar refractivity (Wildman–Crippen MR) is 53.8 cm³/mol. The molecule has 0 aromatic rings. The molecule has 0 bridgehead atoms. The predicted octanol–water partition coefficient (Wildman–Crippen LogP) is 1.16. The summed E-state index contributed by atoms with van der Waals surface area (Å²) in [5.74, 6) is 0.177. The zero-order chi connectivity index (χ0) is 10.2. The molecule has 0 spiro atoms. The van der Waals surface area contributed by atoms with Crippen LogP contribution in [0.4, 0.5) is 0 Å². The van der Waals surface area contributed by atoms with Crippen LogP contribution < -0.4 is 0 Å². The van der Waals surface area contributed by atoms with Crippen molar-refractivity contribution in [3.05, 3.63) is 0 Å². The molecule has 1 saturated carbocycles. The van der Waals surface area contributed by atoms with E-state index in [0.29, 0.717) is 0 Å². The summed E-state index contributed by atoms with van der Waals surface area (Å²) in [5.41, 5.74) is -0.487. The fraction of sp³-hybridized carbons (Fsp3) is 0.909. The number of hydrogen-bond donors (Lipinski definition) is 1. The summed E-state index contributed by atoms with van der Waals surface area (Å²) in [7, 11) is 0. The molecule has 80 valence electrons. The summed E-state index contributed by atoms with van der Waals surface area (Å²) >= 11 is 0. The lowest BCUT2D eigenvalue weighted by atomic mass is 9.72. The van der Waals surface area contributed by atoms with Gasteiger partial charge in [0.25, 0.3) is 0 Å². The Labute approximate surface area is 85.1 Å². The van der Waals surface area contributed by atoms with Gasteiger partial charge in [-0.2, -0.15) is 0 Å². The first-order valence-corrected chi connectivity index (χ1v) is 5.62. The maximum absolute atomic E-state index is 12.1. The second-order valence-corrected chi connectivity index (χ2v) is 4.82. The second kappa shape index (κ2) is 3.54. The number of rotatable bonds is 1. The van der Waals surface area contributed by atoms with Gasteiger partial charge in [0.05, 0.1) is 11.5 Å². The van der Waals surface area contributed by atoms with Gasteiger partial charge in [0.2, 0.25) is 5.91 Å². The Morgan fingerprint density at radius 2 is 2.07 bits per heavy atom. The van der Waals surface area contributed by atoms with E-state index in [2.05, 4.69) is 0 Å². The molecule has 0 radical (unpaired) electrons. The smallest absolute Gasteiger partial charge is 0.231 e. The normalized spacial score (nSPS) is 37.9. The molecular formula is C11H19NO2. The highest BCUT2D eigenvalue weighted by Gasteiger charge is 2.45. The lowest BCUT2D eigenvalue weighted by Gasteiger charge is -2.43. The molecule has 1 amide bonds. The highest BCUT2D eigenvalue weighted by atomic mass is 16.3. The molecule has 3 heteroatoms. The van der Waals surface area contributed by atoms with Crippen LogP contribution in [0.1, 0.15) is 39.0 Å². The molecule has 1 aliphatic heterocycles. The van der Waals surface area contributed by atoms with E-state index in [-0.39, 0.29) is 5.91 Å². The van der Waals surface area contributed by atoms with Crippen molar-refractivity contribution >= 4 is 5.91 Å². The molecule has 2 atom stereocenters. The molecule has 2 fully saturated rings. The highest BCUT2D eigenvalue weighted by Crippen LogP contribution is 2.38. The van der Waals surface area contributed by atoms with Crippen LogP contribution in [0.5, 0.6) is 0 Å². The number of nitrogens with zero attached hydrogens (tertiary/aromatic N) is 1. The standard InChI is InChI=1S/C11H19NO2/c1-11(6-3-2-5-9(11)13)10(14)12-7-4-8-12/h9,13H,2-8H2,1H3. The zero-order valence-corrected chi connectivity index (χ0v) is 8.83. The minimum Gasteiger partial charge on any atom is -0.392 e. The monoisotopic (exact) mass is 197 g/mol. The lowest BCUT2D eigenvalue weighted by Crippen LogP contribution is -2.54. The van der Waals surface area contributed by atoms with Crippen LogP contribution >= 0.6 is 0 Å². The van der Waals surface area contributed by atoms with Crippen molar-refractivity contribution in [1.29, 1.82) is 0 Å². The Morgan fingerprint density at radius 3 is 2.57 bits per heavy atom. The molecule has 1 heterocycles. The third-order valence-electron chi connectivity index (χ3n) is 3.79. The van der Waals surface area contributed by atoms with Gasteiger partial charge in [0.15, 0.2) is 0 Å². The van der Waals surface area contributed by atoms with E-state index in [1.807, 2.05) is 11.8 Å². The van der Waals surface area contributed by atoms with E-state index in [0.717, 1.165) is 45.2 Å². The average Bonchev–Trinajstić information content (AvgIpc) is 2.07. The zero-order valence-electron chi connectivity index (χ0n) is 8.83. The van der Waals surface area contributed by atoms with Crippen molar-refractivity contribution in [2.75, 3.05) is 13.1 Å². The summed E-state index contributed by atoms with van der Waals surface area (Å²) in [5, 5.41) is 9.92. The number of amides is 1. The minimum atomic E-state index is -0.487. The van der Waals surface area contributed by atoms with Crippen molar-refractivity contribution in [3.8, 4) is 0 Å². The van der Waals surface area contributed by atoms with Gasteiger partial charge >= 0.3 is 0 Å². The van der Waals surface area contributed by atoms with Gasteiger partial charge in [-0.15, -0.1) is 0 Å². The first-order chi connectivity index (χ1) is 6.64. The fourth-order valence-corrected chi connectivity index (χ4v) is 2.45. The van der Waals surface area contributed by atoms with Gasteiger partial charge in [-0.05, 0) is 26.2 Å².